The van der Waals surface area contributed by atoms with Crippen LogP contribution in [-0.2, 0) is 6.54 Å². The number of carbonyl (C=O) groups excluding carboxylic acids is 1. The second-order valence-electron chi connectivity index (χ2n) is 6.69. The van der Waals surface area contributed by atoms with E-state index in [9.17, 15) is 4.79 Å². The largest absolute Gasteiger partial charge is 0.493 e. The molecule has 1 fully saturated rings. The monoisotopic (exact) mass is 436 g/mol. The highest BCUT2D eigenvalue weighted by atomic mass is 79.9. The molecule has 0 atom stereocenters. The highest BCUT2D eigenvalue weighted by Gasteiger charge is 2.25. The van der Waals surface area contributed by atoms with Gasteiger partial charge in [-0.2, -0.15) is 0 Å². The van der Waals surface area contributed by atoms with E-state index in [1.165, 1.54) is 0 Å². The van der Waals surface area contributed by atoms with E-state index < -0.39 is 0 Å². The van der Waals surface area contributed by atoms with Gasteiger partial charge in [-0.15, -0.1) is 0 Å². The predicted octanol–water partition coefficient (Wildman–Crippen LogP) is 3.63. The second kappa shape index (κ2) is 8.35. The third-order valence-corrected chi connectivity index (χ3v) is 5.62. The number of hydrogen-bond donors (Lipinski definition) is 0. The van der Waals surface area contributed by atoms with Gasteiger partial charge in [-0.25, -0.2) is 0 Å². The van der Waals surface area contributed by atoms with E-state index in [0.717, 1.165) is 41.2 Å². The van der Waals surface area contributed by atoms with Crippen LogP contribution < -0.4 is 9.47 Å². The SMILES string of the molecule is COc1cc(Br)c(CN2CCN(C(=O)c3cc(C)oc3C)CC2)cc1OC. The van der Waals surface area contributed by atoms with Crippen LogP contribution in [0.3, 0.4) is 0 Å². The summed E-state index contributed by atoms with van der Waals surface area (Å²) >= 11 is 3.62. The van der Waals surface area contributed by atoms with Crippen molar-refractivity contribution in [2.24, 2.45) is 0 Å². The van der Waals surface area contributed by atoms with E-state index in [1.807, 2.05) is 36.9 Å². The molecule has 1 aromatic carbocycles. The van der Waals surface area contributed by atoms with E-state index >= 15 is 0 Å². The van der Waals surface area contributed by atoms with E-state index in [-0.39, 0.29) is 5.91 Å². The van der Waals surface area contributed by atoms with E-state index in [4.69, 9.17) is 13.9 Å². The number of piperazine rings is 1. The Kier molecular flexibility index (Phi) is 6.11. The number of furan rings is 1. The smallest absolute Gasteiger partial charge is 0.257 e. The summed E-state index contributed by atoms with van der Waals surface area (Å²) in [5.74, 6) is 2.93. The third-order valence-electron chi connectivity index (χ3n) is 4.88. The quantitative estimate of drug-likeness (QED) is 0.715. The lowest BCUT2D eigenvalue weighted by molar-refractivity contribution is 0.0626. The number of amides is 1. The average Bonchev–Trinajstić information content (AvgIpc) is 3.01. The molecule has 1 amide bonds. The minimum Gasteiger partial charge on any atom is -0.493 e. The molecule has 6 nitrogen and oxygen atoms in total. The van der Waals surface area contributed by atoms with Gasteiger partial charge < -0.3 is 18.8 Å². The second-order valence-corrected chi connectivity index (χ2v) is 7.55. The van der Waals surface area contributed by atoms with E-state index in [1.54, 1.807) is 14.2 Å². The number of halogens is 1. The summed E-state index contributed by atoms with van der Waals surface area (Å²) in [4.78, 5) is 17.0. The molecule has 2 heterocycles. The number of rotatable bonds is 5. The third kappa shape index (κ3) is 4.30. The van der Waals surface area contributed by atoms with Crippen LogP contribution in [0.25, 0.3) is 0 Å². The lowest BCUT2D eigenvalue weighted by atomic mass is 10.1. The van der Waals surface area contributed by atoms with E-state index in [0.29, 0.717) is 30.2 Å². The van der Waals surface area contributed by atoms with Crippen LogP contribution in [-0.4, -0.2) is 56.1 Å². The van der Waals surface area contributed by atoms with Crippen molar-refractivity contribution in [3.05, 3.63) is 45.3 Å². The maximum atomic E-state index is 12.7. The van der Waals surface area contributed by atoms with Crippen molar-refractivity contribution in [1.29, 1.82) is 0 Å². The molecule has 146 valence electrons. The average molecular weight is 437 g/mol. The first-order valence-electron chi connectivity index (χ1n) is 8.92. The van der Waals surface area contributed by atoms with E-state index in [2.05, 4.69) is 20.8 Å². The molecule has 0 N–H and O–H groups in total. The van der Waals surface area contributed by atoms with Crippen molar-refractivity contribution < 1.29 is 18.7 Å². The number of nitrogens with zero attached hydrogens (tertiary/aromatic N) is 2. The first-order chi connectivity index (χ1) is 12.9. The standard InChI is InChI=1S/C20H25BrN2O4/c1-13-9-16(14(2)27-13)20(24)23-7-5-22(6-8-23)12-15-10-18(25-3)19(26-4)11-17(15)21/h9-11H,5-8,12H2,1-4H3. The molecule has 2 aromatic rings. The van der Waals surface area contributed by atoms with Crippen LogP contribution in [0.1, 0.15) is 27.4 Å². The Bertz CT molecular complexity index is 826. The van der Waals surface area contributed by atoms with Crippen molar-refractivity contribution in [1.82, 2.24) is 9.80 Å². The van der Waals surface area contributed by atoms with Crippen molar-refractivity contribution in [3.8, 4) is 11.5 Å². The van der Waals surface area contributed by atoms with Crippen molar-refractivity contribution >= 4 is 21.8 Å². The van der Waals surface area contributed by atoms with Crippen LogP contribution in [0.2, 0.25) is 0 Å². The van der Waals surface area contributed by atoms with Crippen molar-refractivity contribution in [2.45, 2.75) is 20.4 Å². The van der Waals surface area contributed by atoms with Gasteiger partial charge >= 0.3 is 0 Å². The Balaban J connectivity index is 1.63. The lowest BCUT2D eigenvalue weighted by Crippen LogP contribution is -2.48. The normalized spacial score (nSPS) is 15.1. The number of hydrogen-bond acceptors (Lipinski definition) is 5. The van der Waals surface area contributed by atoms with Gasteiger partial charge in [0.25, 0.3) is 5.91 Å². The van der Waals surface area contributed by atoms with Crippen LogP contribution in [0, 0.1) is 13.8 Å². The Morgan fingerprint density at radius 1 is 1.07 bits per heavy atom. The summed E-state index contributed by atoms with van der Waals surface area (Å²) in [6.07, 6.45) is 0. The minimum absolute atomic E-state index is 0.0521. The predicted molar refractivity (Wildman–Crippen MR) is 107 cm³/mol. The molecule has 1 aromatic heterocycles. The molecule has 3 rings (SSSR count). The van der Waals surface area contributed by atoms with Gasteiger partial charge in [-0.05, 0) is 37.6 Å². The Labute approximate surface area is 168 Å². The number of methoxy groups -OCH3 is 2. The summed E-state index contributed by atoms with van der Waals surface area (Å²) < 4.78 is 17.2. The fourth-order valence-corrected chi connectivity index (χ4v) is 3.83. The Morgan fingerprint density at radius 2 is 1.70 bits per heavy atom. The molecule has 1 aliphatic rings. The molecule has 0 unspecified atom stereocenters. The lowest BCUT2D eigenvalue weighted by Gasteiger charge is -2.35. The van der Waals surface area contributed by atoms with Crippen LogP contribution >= 0.6 is 15.9 Å². The summed E-state index contributed by atoms with van der Waals surface area (Å²) in [5.41, 5.74) is 1.80. The maximum absolute atomic E-state index is 12.7. The topological polar surface area (TPSA) is 55.2 Å². The highest BCUT2D eigenvalue weighted by Crippen LogP contribution is 2.34. The molecule has 0 aliphatic carbocycles. The van der Waals surface area contributed by atoms with Gasteiger partial charge in [0.2, 0.25) is 0 Å². The molecule has 1 saturated heterocycles. The summed E-state index contributed by atoms with van der Waals surface area (Å²) in [7, 11) is 3.27. The van der Waals surface area contributed by atoms with Crippen molar-refractivity contribution in [3.63, 3.8) is 0 Å². The first-order valence-corrected chi connectivity index (χ1v) is 9.71. The number of carbonyl (C=O) groups is 1. The molecule has 0 bridgehead atoms. The zero-order valence-electron chi connectivity index (χ0n) is 16.2. The fraction of sp³-hybridized carbons (Fsp3) is 0.450. The molecular weight excluding hydrogens is 412 g/mol. The molecule has 0 saturated carbocycles. The van der Waals surface area contributed by atoms with Crippen LogP contribution in [0.4, 0.5) is 0 Å². The van der Waals surface area contributed by atoms with Gasteiger partial charge in [-0.3, -0.25) is 9.69 Å². The number of ether oxygens (including phenoxy) is 2. The number of benzene rings is 1. The van der Waals surface area contributed by atoms with Gasteiger partial charge in [0.1, 0.15) is 11.5 Å². The number of aryl methyl sites for hydroxylation is 2. The maximum Gasteiger partial charge on any atom is 0.257 e. The zero-order chi connectivity index (χ0) is 19.6. The summed E-state index contributed by atoms with van der Waals surface area (Å²) in [6, 6.07) is 5.75. The first kappa shape index (κ1) is 19.8. The molecule has 0 spiro atoms. The van der Waals surface area contributed by atoms with Crippen molar-refractivity contribution in [2.75, 3.05) is 40.4 Å². The highest BCUT2D eigenvalue weighted by molar-refractivity contribution is 9.10. The van der Waals surface area contributed by atoms with Gasteiger partial charge in [0.15, 0.2) is 11.5 Å². The fourth-order valence-electron chi connectivity index (χ4n) is 3.38. The summed E-state index contributed by atoms with van der Waals surface area (Å²) in [6.45, 7) is 7.53. The van der Waals surface area contributed by atoms with Crippen LogP contribution in [0.5, 0.6) is 11.5 Å². The Morgan fingerprint density at radius 3 is 2.26 bits per heavy atom. The van der Waals surface area contributed by atoms with Gasteiger partial charge in [-0.1, -0.05) is 15.9 Å². The van der Waals surface area contributed by atoms with Gasteiger partial charge in [0, 0.05) is 37.2 Å². The van der Waals surface area contributed by atoms with Gasteiger partial charge in [0.05, 0.1) is 19.8 Å². The molecule has 1 aliphatic heterocycles. The molecular formula is C20H25BrN2O4. The zero-order valence-corrected chi connectivity index (χ0v) is 17.8. The minimum atomic E-state index is 0.0521. The Hall–Kier alpha value is -1.99. The summed E-state index contributed by atoms with van der Waals surface area (Å²) in [5, 5.41) is 0. The molecule has 7 heteroatoms. The molecule has 0 radical (unpaired) electrons. The van der Waals surface area contributed by atoms with Crippen LogP contribution in [0.15, 0.2) is 27.1 Å². The molecule has 27 heavy (non-hydrogen) atoms.